The maximum Gasteiger partial charge on any atom is 0.460 e. The highest BCUT2D eigenvalue weighted by atomic mass is 19.4. The zero-order valence-electron chi connectivity index (χ0n) is 17.9. The van der Waals surface area contributed by atoms with Gasteiger partial charge in [-0.05, 0) is 12.8 Å². The van der Waals surface area contributed by atoms with Crippen LogP contribution in [0.2, 0.25) is 0 Å². The van der Waals surface area contributed by atoms with Gasteiger partial charge in [-0.3, -0.25) is 0 Å². The minimum absolute atomic E-state index is 0.0478. The lowest BCUT2D eigenvalue weighted by Crippen LogP contribution is -2.60. The van der Waals surface area contributed by atoms with Crippen LogP contribution in [0.4, 0.5) is 39.5 Å². The number of unbranched alkanes of at least 4 members (excludes halogenated alkanes) is 7. The maximum atomic E-state index is 13.6. The highest BCUT2D eigenvalue weighted by Crippen LogP contribution is 2.54. The number of aliphatic carboxylic acids is 1. The smallest absolute Gasteiger partial charge is 0.460 e. The Morgan fingerprint density at radius 1 is 0.788 bits per heavy atom. The molecule has 0 aromatic heterocycles. The number of esters is 1. The van der Waals surface area contributed by atoms with Crippen LogP contribution < -0.4 is 0 Å². The summed E-state index contributed by atoms with van der Waals surface area (Å²) in [6.45, 7) is 1.81. The first-order chi connectivity index (χ1) is 15.0. The van der Waals surface area contributed by atoms with Crippen LogP contribution in [-0.2, 0) is 14.3 Å². The molecule has 0 saturated heterocycles. The molecule has 13 heteroatoms. The quantitative estimate of drug-likeness (QED) is 0.108. The summed E-state index contributed by atoms with van der Waals surface area (Å²) in [4.78, 5) is 22.7. The first-order valence-corrected chi connectivity index (χ1v) is 10.3. The van der Waals surface area contributed by atoms with Crippen LogP contribution in [-0.4, -0.2) is 47.6 Å². The van der Waals surface area contributed by atoms with E-state index in [1.165, 1.54) is 0 Å². The van der Waals surface area contributed by atoms with Gasteiger partial charge in [-0.1, -0.05) is 51.9 Å². The van der Waals surface area contributed by atoms with Crippen molar-refractivity contribution in [1.82, 2.24) is 0 Å². The maximum absolute atomic E-state index is 13.6. The van der Waals surface area contributed by atoms with Gasteiger partial charge in [0, 0.05) is 18.1 Å². The number of hydrogen-bond acceptors (Lipinski definition) is 3. The number of hydrogen-bond donors (Lipinski definition) is 1. The number of halogens is 9. The molecule has 4 nitrogen and oxygen atoms in total. The van der Waals surface area contributed by atoms with Gasteiger partial charge in [-0.25, -0.2) is 9.59 Å². The van der Waals surface area contributed by atoms with Crippen LogP contribution in [0, 0.1) is 0 Å². The van der Waals surface area contributed by atoms with E-state index in [9.17, 15) is 49.1 Å². The zero-order chi connectivity index (χ0) is 25.9. The molecule has 0 bridgehead atoms. The van der Waals surface area contributed by atoms with Crippen molar-refractivity contribution < 1.29 is 58.9 Å². The van der Waals surface area contributed by atoms with Crippen LogP contribution in [0.15, 0.2) is 11.6 Å². The minimum Gasteiger partial charge on any atom is -0.478 e. The molecule has 0 aliphatic rings. The molecule has 0 atom stereocenters. The fourth-order valence-electron chi connectivity index (χ4n) is 2.73. The zero-order valence-corrected chi connectivity index (χ0v) is 17.9. The van der Waals surface area contributed by atoms with Crippen molar-refractivity contribution in [2.24, 2.45) is 0 Å². The second-order valence-corrected chi connectivity index (χ2v) is 7.47. The van der Waals surface area contributed by atoms with Gasteiger partial charge in [0.05, 0.1) is 6.61 Å². The normalized spacial score (nSPS) is 13.8. The van der Waals surface area contributed by atoms with Gasteiger partial charge in [-0.15, -0.1) is 0 Å². The largest absolute Gasteiger partial charge is 0.478 e. The summed E-state index contributed by atoms with van der Waals surface area (Å²) >= 11 is 0. The molecule has 0 heterocycles. The third kappa shape index (κ3) is 9.44. The summed E-state index contributed by atoms with van der Waals surface area (Å²) < 4.78 is 121. The lowest BCUT2D eigenvalue weighted by atomic mass is 9.97. The Morgan fingerprint density at radius 3 is 1.73 bits per heavy atom. The van der Waals surface area contributed by atoms with Crippen molar-refractivity contribution in [2.75, 3.05) is 6.61 Å². The molecule has 33 heavy (non-hydrogen) atoms. The van der Waals surface area contributed by atoms with Gasteiger partial charge in [0.25, 0.3) is 0 Å². The number of carbonyl (C=O) groups excluding carboxylic acids is 1. The summed E-state index contributed by atoms with van der Waals surface area (Å²) in [7, 11) is 0. The van der Waals surface area contributed by atoms with E-state index in [0.717, 1.165) is 38.5 Å². The van der Waals surface area contributed by atoms with Gasteiger partial charge in [-0.2, -0.15) is 39.5 Å². The Bertz CT molecular complexity index is 658. The molecule has 1 N–H and O–H groups in total. The summed E-state index contributed by atoms with van der Waals surface area (Å²) in [5.74, 6) is -23.1. The van der Waals surface area contributed by atoms with E-state index >= 15 is 0 Å². The van der Waals surface area contributed by atoms with E-state index < -0.39 is 54.3 Å². The lowest BCUT2D eigenvalue weighted by Gasteiger charge is -2.33. The number of rotatable bonds is 16. The van der Waals surface area contributed by atoms with Gasteiger partial charge >= 0.3 is 35.9 Å². The predicted octanol–water partition coefficient (Wildman–Crippen LogP) is 6.93. The fourth-order valence-corrected chi connectivity index (χ4v) is 2.73. The number of carbonyl (C=O) groups is 2. The first kappa shape index (κ1) is 31.0. The molecule has 0 radical (unpaired) electrons. The first-order valence-electron chi connectivity index (χ1n) is 10.3. The Hall–Kier alpha value is -1.95. The van der Waals surface area contributed by atoms with E-state index in [1.54, 1.807) is 0 Å². The molecular formula is C20H27F9O4. The molecule has 0 aliphatic carbocycles. The van der Waals surface area contributed by atoms with E-state index in [-0.39, 0.29) is 12.7 Å². The second-order valence-electron chi connectivity index (χ2n) is 7.47. The van der Waals surface area contributed by atoms with Crippen LogP contribution in [0.1, 0.15) is 71.1 Å². The van der Waals surface area contributed by atoms with Gasteiger partial charge in [0.1, 0.15) is 0 Å². The lowest BCUT2D eigenvalue weighted by molar-refractivity contribution is -0.396. The van der Waals surface area contributed by atoms with Crippen molar-refractivity contribution in [3.05, 3.63) is 11.6 Å². The van der Waals surface area contributed by atoms with Crippen molar-refractivity contribution >= 4 is 11.9 Å². The average Bonchev–Trinajstić information content (AvgIpc) is 2.68. The van der Waals surface area contributed by atoms with E-state index in [0.29, 0.717) is 12.8 Å². The van der Waals surface area contributed by atoms with Gasteiger partial charge < -0.3 is 9.84 Å². The highest BCUT2D eigenvalue weighted by Gasteiger charge is 2.81. The minimum atomic E-state index is -7.06. The van der Waals surface area contributed by atoms with Crippen molar-refractivity contribution in [1.29, 1.82) is 0 Å². The van der Waals surface area contributed by atoms with E-state index in [4.69, 9.17) is 9.84 Å². The number of ether oxygens (including phenoxy) is 1. The number of carboxylic acid groups (broad SMARTS) is 1. The number of alkyl halides is 9. The SMILES string of the molecule is CCCCCCCCCCOC(=O)/C(=C\C(=O)O)CCC(F)(F)C(F)(F)C(F)(F)C(F)(F)F. The Morgan fingerprint density at radius 2 is 1.27 bits per heavy atom. The standard InChI is InChI=1S/C20H27F9O4/c1-2-3-4-5-6-7-8-9-12-33-16(32)14(13-15(30)31)10-11-17(21,22)18(23,24)19(25,26)20(27,28)29/h13H,2-12H2,1H3,(H,30,31)/b14-13-. The van der Waals surface area contributed by atoms with Crippen molar-refractivity contribution in [3.63, 3.8) is 0 Å². The molecule has 0 aliphatic heterocycles. The van der Waals surface area contributed by atoms with E-state index in [1.807, 2.05) is 0 Å². The molecule has 0 saturated carbocycles. The Kier molecular flexibility index (Phi) is 12.3. The third-order valence-corrected chi connectivity index (χ3v) is 4.71. The molecule has 0 aromatic carbocycles. The Balaban J connectivity index is 4.92. The van der Waals surface area contributed by atoms with E-state index in [2.05, 4.69) is 6.92 Å². The summed E-state index contributed by atoms with van der Waals surface area (Å²) in [6, 6.07) is 0. The molecule has 0 amide bonds. The summed E-state index contributed by atoms with van der Waals surface area (Å²) in [5, 5.41) is 8.70. The van der Waals surface area contributed by atoms with Crippen LogP contribution in [0.3, 0.4) is 0 Å². The predicted molar refractivity (Wildman–Crippen MR) is 99.4 cm³/mol. The molecule has 0 unspecified atom stereocenters. The molecule has 194 valence electrons. The van der Waals surface area contributed by atoms with Gasteiger partial charge in [0.15, 0.2) is 0 Å². The molecule has 0 spiro atoms. The average molecular weight is 502 g/mol. The molecule has 0 rings (SSSR count). The highest BCUT2D eigenvalue weighted by molar-refractivity contribution is 5.95. The summed E-state index contributed by atoms with van der Waals surface area (Å²) in [5.41, 5.74) is -1.08. The summed E-state index contributed by atoms with van der Waals surface area (Å²) in [6.07, 6.45) is -3.79. The van der Waals surface area contributed by atoms with Crippen LogP contribution >= 0.6 is 0 Å². The fraction of sp³-hybridized carbons (Fsp3) is 0.800. The topological polar surface area (TPSA) is 63.6 Å². The van der Waals surface area contributed by atoms with Crippen LogP contribution in [0.25, 0.3) is 0 Å². The second kappa shape index (κ2) is 13.1. The van der Waals surface area contributed by atoms with Gasteiger partial charge in [0.2, 0.25) is 0 Å². The third-order valence-electron chi connectivity index (χ3n) is 4.71. The molecule has 0 fully saturated rings. The Labute approximate surface area is 185 Å². The van der Waals surface area contributed by atoms with Crippen molar-refractivity contribution in [3.8, 4) is 0 Å². The van der Waals surface area contributed by atoms with Crippen LogP contribution in [0.5, 0.6) is 0 Å². The molecule has 0 aromatic rings. The molecular weight excluding hydrogens is 475 g/mol. The van der Waals surface area contributed by atoms with Crippen molar-refractivity contribution in [2.45, 2.75) is 95.1 Å². The number of carboxylic acids is 1. The monoisotopic (exact) mass is 502 g/mol.